The Kier molecular flexibility index (Phi) is 10.8. The van der Waals surface area contributed by atoms with Crippen molar-refractivity contribution in [2.24, 2.45) is 0 Å². The van der Waals surface area contributed by atoms with Crippen LogP contribution >= 0.6 is 0 Å². The minimum atomic E-state index is -0.0958. The van der Waals surface area contributed by atoms with Crippen LogP contribution in [0.25, 0.3) is 61.2 Å². The van der Waals surface area contributed by atoms with Gasteiger partial charge in [0.2, 0.25) is 0 Å². The van der Waals surface area contributed by atoms with Gasteiger partial charge in [0.1, 0.15) is 0 Å². The van der Waals surface area contributed by atoms with E-state index in [0.29, 0.717) is 0 Å². The first-order valence-corrected chi connectivity index (χ1v) is 23.5. The highest BCUT2D eigenvalue weighted by Crippen LogP contribution is 2.58. The highest BCUT2D eigenvalue weighted by Gasteiger charge is 2.46. The van der Waals surface area contributed by atoms with E-state index in [-0.39, 0.29) is 16.2 Å². The molecule has 0 heterocycles. The topological polar surface area (TPSA) is 3.24 Å². The van der Waals surface area contributed by atoms with Gasteiger partial charge in [0, 0.05) is 22.5 Å². The number of fused-ring (bicyclic) bond motifs is 4. The maximum absolute atomic E-state index is 4.07. The molecule has 0 fully saturated rings. The maximum Gasteiger partial charge on any atom is 0.0496 e. The molecule has 0 atom stereocenters. The van der Waals surface area contributed by atoms with Crippen molar-refractivity contribution in [2.75, 3.05) is 4.90 Å². The molecule has 1 nitrogen and oxygen atoms in total. The van der Waals surface area contributed by atoms with Gasteiger partial charge in [-0.25, -0.2) is 0 Å². The standard InChI is InChI=1S/C65H59N/c1-9-10-33-61(44(2)45-21-13-11-14-22-45)66(53-36-34-47(35-37-53)49-26-17-25-48(38-49)46-23-15-12-16-24-46)54-30-19-28-51(40-54)50-27-18-29-52(39-50)55-31-20-32-57-62(55)56-41-59-60(42-58(56)65(57,7)8)64(5,6)43-63(59,3)4/h9-42H,1,43H2,2-8H3/b33-10-,61-44-. The Morgan fingerprint density at radius 3 is 1.65 bits per heavy atom. The maximum atomic E-state index is 4.07. The number of rotatable bonds is 10. The molecule has 8 aromatic carbocycles. The number of hydrogen-bond donors (Lipinski definition) is 0. The van der Waals surface area contributed by atoms with Crippen LogP contribution in [-0.4, -0.2) is 0 Å². The van der Waals surface area contributed by atoms with Crippen LogP contribution in [0.3, 0.4) is 0 Å². The second kappa shape index (κ2) is 16.6. The van der Waals surface area contributed by atoms with Crippen molar-refractivity contribution in [3.05, 3.63) is 246 Å². The second-order valence-electron chi connectivity index (χ2n) is 20.2. The normalized spacial score (nSPS) is 15.4. The van der Waals surface area contributed by atoms with Crippen molar-refractivity contribution in [2.45, 2.75) is 71.1 Å². The van der Waals surface area contributed by atoms with Crippen LogP contribution < -0.4 is 4.90 Å². The first-order chi connectivity index (χ1) is 31.8. The smallest absolute Gasteiger partial charge is 0.0496 e. The molecule has 8 aromatic rings. The van der Waals surface area contributed by atoms with Crippen LogP contribution in [0.15, 0.2) is 219 Å². The lowest BCUT2D eigenvalue weighted by Crippen LogP contribution is -2.18. The van der Waals surface area contributed by atoms with Gasteiger partial charge in [0.25, 0.3) is 0 Å². The third kappa shape index (κ3) is 7.57. The second-order valence-corrected chi connectivity index (χ2v) is 20.2. The summed E-state index contributed by atoms with van der Waals surface area (Å²) in [7, 11) is 0. The fourth-order valence-electron chi connectivity index (χ4n) is 11.3. The molecule has 0 unspecified atom stereocenters. The molecular weight excluding hydrogens is 795 g/mol. The van der Waals surface area contributed by atoms with E-state index in [1.165, 1.54) is 83.5 Å². The average molecular weight is 854 g/mol. The van der Waals surface area contributed by atoms with E-state index >= 15 is 0 Å². The van der Waals surface area contributed by atoms with Gasteiger partial charge >= 0.3 is 0 Å². The van der Waals surface area contributed by atoms with Gasteiger partial charge in [-0.15, -0.1) is 0 Å². The van der Waals surface area contributed by atoms with E-state index < -0.39 is 0 Å². The third-order valence-electron chi connectivity index (χ3n) is 14.4. The SMILES string of the molecule is C=C/C=C\C(=C(/C)c1ccccc1)N(c1ccc(-c2cccc(-c3ccccc3)c2)cc1)c1cccc(-c2cccc(-c3cccc4c3-c3cc5c(cc3C4(C)C)C(C)(C)CC5(C)C)c2)c1. The predicted octanol–water partition coefficient (Wildman–Crippen LogP) is 17.9. The Balaban J connectivity index is 1.07. The molecule has 0 radical (unpaired) electrons. The Labute approximate surface area is 393 Å². The molecule has 1 heteroatoms. The number of allylic oxidation sites excluding steroid dienone is 4. The lowest BCUT2D eigenvalue weighted by atomic mass is 9.79. The largest absolute Gasteiger partial charge is 0.310 e. The highest BCUT2D eigenvalue weighted by atomic mass is 15.1. The molecule has 0 spiro atoms. The fraction of sp³-hybridized carbons (Fsp3) is 0.169. The van der Waals surface area contributed by atoms with E-state index in [9.17, 15) is 0 Å². The number of hydrogen-bond acceptors (Lipinski definition) is 1. The Morgan fingerprint density at radius 1 is 0.455 bits per heavy atom. The van der Waals surface area contributed by atoms with Crippen molar-refractivity contribution in [1.82, 2.24) is 0 Å². The van der Waals surface area contributed by atoms with E-state index in [2.05, 4.69) is 254 Å². The highest BCUT2D eigenvalue weighted by molar-refractivity contribution is 5.94. The number of benzene rings is 8. The van der Waals surface area contributed by atoms with Crippen LogP contribution in [0, 0.1) is 0 Å². The van der Waals surface area contributed by atoms with Gasteiger partial charge in [-0.3, -0.25) is 0 Å². The zero-order valence-corrected chi connectivity index (χ0v) is 39.5. The molecular formula is C65H59N. The lowest BCUT2D eigenvalue weighted by Gasteiger charge is -2.29. The van der Waals surface area contributed by atoms with Crippen molar-refractivity contribution in [1.29, 1.82) is 0 Å². The summed E-state index contributed by atoms with van der Waals surface area (Å²) in [5, 5.41) is 0. The van der Waals surface area contributed by atoms with E-state index in [1.54, 1.807) is 0 Å². The minimum absolute atomic E-state index is 0.0958. The number of nitrogens with zero attached hydrogens (tertiary/aromatic N) is 1. The molecule has 0 bridgehead atoms. The van der Waals surface area contributed by atoms with Crippen molar-refractivity contribution < 1.29 is 0 Å². The molecule has 0 N–H and O–H groups in total. The van der Waals surface area contributed by atoms with Gasteiger partial charge in [-0.2, -0.15) is 0 Å². The zero-order chi connectivity index (χ0) is 45.8. The first kappa shape index (κ1) is 42.7. The van der Waals surface area contributed by atoms with Gasteiger partial charge < -0.3 is 4.90 Å². The molecule has 324 valence electrons. The molecule has 2 aliphatic carbocycles. The quantitative estimate of drug-likeness (QED) is 0.124. The van der Waals surface area contributed by atoms with Crippen LogP contribution in [0.5, 0.6) is 0 Å². The van der Waals surface area contributed by atoms with Gasteiger partial charge in [0.05, 0.1) is 0 Å². The minimum Gasteiger partial charge on any atom is -0.310 e. The fourth-order valence-corrected chi connectivity index (χ4v) is 11.3. The molecule has 0 saturated heterocycles. The van der Waals surface area contributed by atoms with Crippen LogP contribution in [0.4, 0.5) is 11.4 Å². The van der Waals surface area contributed by atoms with E-state index in [1.807, 2.05) is 12.2 Å². The van der Waals surface area contributed by atoms with Crippen molar-refractivity contribution >= 4 is 16.9 Å². The Morgan fingerprint density at radius 2 is 0.985 bits per heavy atom. The molecule has 0 saturated carbocycles. The summed E-state index contributed by atoms with van der Waals surface area (Å²) in [5.74, 6) is 0. The summed E-state index contributed by atoms with van der Waals surface area (Å²) in [6.07, 6.45) is 7.25. The molecule has 2 aliphatic rings. The monoisotopic (exact) mass is 853 g/mol. The third-order valence-corrected chi connectivity index (χ3v) is 14.4. The summed E-state index contributed by atoms with van der Waals surface area (Å²) >= 11 is 0. The summed E-state index contributed by atoms with van der Waals surface area (Å²) in [6, 6.07) is 69.4. The molecule has 66 heavy (non-hydrogen) atoms. The summed E-state index contributed by atoms with van der Waals surface area (Å²) < 4.78 is 0. The summed E-state index contributed by atoms with van der Waals surface area (Å²) in [6.45, 7) is 20.8. The molecule has 0 amide bonds. The van der Waals surface area contributed by atoms with Gasteiger partial charge in [-0.05, 0) is 162 Å². The molecule has 0 aromatic heterocycles. The lowest BCUT2D eigenvalue weighted by molar-refractivity contribution is 0.403. The van der Waals surface area contributed by atoms with E-state index in [0.717, 1.165) is 29.1 Å². The van der Waals surface area contributed by atoms with Crippen LogP contribution in [0.1, 0.15) is 82.7 Å². The summed E-state index contributed by atoms with van der Waals surface area (Å²) in [4.78, 5) is 2.39. The predicted molar refractivity (Wildman–Crippen MR) is 283 cm³/mol. The van der Waals surface area contributed by atoms with Gasteiger partial charge in [-0.1, -0.05) is 206 Å². The first-order valence-electron chi connectivity index (χ1n) is 23.5. The number of anilines is 2. The zero-order valence-electron chi connectivity index (χ0n) is 39.5. The van der Waals surface area contributed by atoms with Crippen molar-refractivity contribution in [3.8, 4) is 55.6 Å². The van der Waals surface area contributed by atoms with Crippen molar-refractivity contribution in [3.63, 3.8) is 0 Å². The summed E-state index contributed by atoms with van der Waals surface area (Å²) in [5.41, 5.74) is 24.1. The molecule has 10 rings (SSSR count). The van der Waals surface area contributed by atoms with Crippen LogP contribution in [0.2, 0.25) is 0 Å². The van der Waals surface area contributed by atoms with E-state index in [4.69, 9.17) is 0 Å². The van der Waals surface area contributed by atoms with Gasteiger partial charge in [0.15, 0.2) is 0 Å². The molecule has 0 aliphatic heterocycles. The van der Waals surface area contributed by atoms with Crippen LogP contribution in [-0.2, 0) is 16.2 Å². The Bertz CT molecular complexity index is 3190. The Hall–Kier alpha value is -7.22. The average Bonchev–Trinajstić information content (AvgIpc) is 3.69.